The first-order chi connectivity index (χ1) is 14.4. The van der Waals surface area contributed by atoms with Crippen LogP contribution in [-0.4, -0.2) is 0 Å². The van der Waals surface area contributed by atoms with Crippen LogP contribution in [-0.2, 0) is 0 Å². The molecular weight excluding hydrogens is 372 g/mol. The van der Waals surface area contributed by atoms with Gasteiger partial charge in [0.2, 0.25) is 0 Å². The average molecular weight is 427 g/mol. The van der Waals surface area contributed by atoms with Gasteiger partial charge in [-0.2, -0.15) is 0 Å². The topological polar surface area (TPSA) is 0 Å². The minimum Gasteiger partial charge on any atom is -0.0651 e. The predicted molar refractivity (Wildman–Crippen MR) is 134 cm³/mol. The Labute approximate surface area is 195 Å². The van der Waals surface area contributed by atoms with Crippen LogP contribution in [0.15, 0.2) is 0 Å². The molecule has 0 amide bonds. The summed E-state index contributed by atoms with van der Waals surface area (Å²) in [5.74, 6) is 5.86. The summed E-state index contributed by atoms with van der Waals surface area (Å²) in [6.07, 6.45) is 18.1. The molecular formula is C31H54. The first-order valence-electron chi connectivity index (χ1n) is 14.4. The summed E-state index contributed by atoms with van der Waals surface area (Å²) in [6.45, 7) is 21.4. The van der Waals surface area contributed by atoms with Crippen LogP contribution in [0.1, 0.15) is 132 Å². The molecule has 0 aromatic heterocycles. The summed E-state index contributed by atoms with van der Waals surface area (Å²) in [5.41, 5.74) is 2.91. The minimum absolute atomic E-state index is 0.560. The van der Waals surface area contributed by atoms with Crippen LogP contribution in [0.4, 0.5) is 0 Å². The molecule has 5 fully saturated rings. The summed E-state index contributed by atoms with van der Waals surface area (Å²) in [4.78, 5) is 0. The molecule has 0 N–H and O–H groups in total. The van der Waals surface area contributed by atoms with Gasteiger partial charge in [-0.3, -0.25) is 0 Å². The van der Waals surface area contributed by atoms with Crippen molar-refractivity contribution < 1.29 is 0 Å². The molecule has 0 spiro atoms. The molecule has 0 heteroatoms. The number of hydrogen-bond acceptors (Lipinski definition) is 0. The van der Waals surface area contributed by atoms with E-state index in [9.17, 15) is 0 Å². The molecule has 0 aromatic rings. The van der Waals surface area contributed by atoms with Gasteiger partial charge in [-0.25, -0.2) is 0 Å². The van der Waals surface area contributed by atoms with Gasteiger partial charge in [0.1, 0.15) is 0 Å². The fourth-order valence-corrected chi connectivity index (χ4v) is 12.3. The number of fused-ring (bicyclic) bond motifs is 7. The lowest BCUT2D eigenvalue weighted by Crippen LogP contribution is -2.65. The van der Waals surface area contributed by atoms with Crippen molar-refractivity contribution in [2.75, 3.05) is 0 Å². The molecule has 0 radical (unpaired) electrons. The quantitative estimate of drug-likeness (QED) is 0.412. The van der Waals surface area contributed by atoms with E-state index in [0.717, 1.165) is 35.5 Å². The third-order valence-corrected chi connectivity index (χ3v) is 14.1. The Balaban J connectivity index is 1.50. The van der Waals surface area contributed by atoms with E-state index in [1.807, 2.05) is 0 Å². The number of rotatable bonds is 2. The van der Waals surface area contributed by atoms with Gasteiger partial charge in [-0.05, 0) is 127 Å². The molecule has 178 valence electrons. The maximum absolute atomic E-state index is 2.82. The van der Waals surface area contributed by atoms with E-state index in [0.29, 0.717) is 27.1 Å². The van der Waals surface area contributed by atoms with Crippen molar-refractivity contribution in [1.82, 2.24) is 0 Å². The zero-order valence-corrected chi connectivity index (χ0v) is 22.4. The van der Waals surface area contributed by atoms with Crippen molar-refractivity contribution in [3.8, 4) is 0 Å². The van der Waals surface area contributed by atoms with Gasteiger partial charge in [-0.15, -0.1) is 0 Å². The Morgan fingerprint density at radius 2 is 1.26 bits per heavy atom. The zero-order valence-electron chi connectivity index (χ0n) is 22.4. The van der Waals surface area contributed by atoms with Crippen molar-refractivity contribution in [2.24, 2.45) is 62.6 Å². The van der Waals surface area contributed by atoms with Crippen molar-refractivity contribution in [1.29, 1.82) is 0 Å². The van der Waals surface area contributed by atoms with Crippen LogP contribution in [0, 0.1) is 62.6 Å². The Bertz CT molecular complexity index is 705. The predicted octanol–water partition coefficient (Wildman–Crippen LogP) is 9.52. The fraction of sp³-hybridized carbons (Fsp3) is 1.00. The fourth-order valence-electron chi connectivity index (χ4n) is 12.3. The van der Waals surface area contributed by atoms with E-state index in [4.69, 9.17) is 0 Å². The Kier molecular flexibility index (Phi) is 5.15. The maximum Gasteiger partial charge on any atom is -0.0235 e. The molecule has 5 saturated carbocycles. The van der Waals surface area contributed by atoms with Crippen LogP contribution in [0.25, 0.3) is 0 Å². The third-order valence-electron chi connectivity index (χ3n) is 14.1. The SMILES string of the molecule is CCC(C)[C@@H]1CC[C@]2(C)[C@H]3CC[C@@H]4[C@@]5(C)CCCC(C)(C)[C@@H]5CC[C@@]4(C)[C@]3(C)CC[C@@H]12. The van der Waals surface area contributed by atoms with E-state index in [-0.39, 0.29) is 0 Å². The Hall–Kier alpha value is 0. The van der Waals surface area contributed by atoms with Crippen LogP contribution in [0.5, 0.6) is 0 Å². The lowest BCUT2D eigenvalue weighted by Gasteiger charge is -2.73. The lowest BCUT2D eigenvalue weighted by atomic mass is 9.32. The molecule has 10 atom stereocenters. The second kappa shape index (κ2) is 7.01. The maximum atomic E-state index is 2.82. The van der Waals surface area contributed by atoms with Gasteiger partial charge in [-0.1, -0.05) is 68.2 Å². The summed E-state index contributed by atoms with van der Waals surface area (Å²) < 4.78 is 0. The standard InChI is InChI=1S/C31H54/c1-9-21(2)22-13-18-28(5)23(22)14-19-30(7)25(28)11-12-26-29(6)17-10-16-27(3,4)24(29)15-20-31(26,30)8/h21-26H,9-20H2,1-8H3/t21?,22-,23-,24-,25+,26+,28-,29-,30+,31+/m0/s1. The van der Waals surface area contributed by atoms with Gasteiger partial charge in [0.15, 0.2) is 0 Å². The van der Waals surface area contributed by atoms with Crippen LogP contribution >= 0.6 is 0 Å². The smallest absolute Gasteiger partial charge is 0.0235 e. The molecule has 0 nitrogen and oxygen atoms in total. The Morgan fingerprint density at radius 1 is 0.645 bits per heavy atom. The number of hydrogen-bond donors (Lipinski definition) is 0. The summed E-state index contributed by atoms with van der Waals surface area (Å²) in [7, 11) is 0. The molecule has 0 heterocycles. The molecule has 5 rings (SSSR count). The Morgan fingerprint density at radius 3 is 1.90 bits per heavy atom. The van der Waals surface area contributed by atoms with E-state index in [1.54, 1.807) is 6.42 Å². The summed E-state index contributed by atoms with van der Waals surface area (Å²) in [5, 5.41) is 0. The monoisotopic (exact) mass is 426 g/mol. The molecule has 0 aromatic carbocycles. The zero-order chi connectivity index (χ0) is 22.4. The molecule has 0 saturated heterocycles. The highest BCUT2D eigenvalue weighted by molar-refractivity contribution is 5.19. The van der Waals surface area contributed by atoms with E-state index < -0.39 is 0 Å². The summed E-state index contributed by atoms with van der Waals surface area (Å²) in [6, 6.07) is 0. The molecule has 0 aliphatic heterocycles. The first-order valence-corrected chi connectivity index (χ1v) is 14.4. The average Bonchev–Trinajstić information content (AvgIpc) is 3.04. The third kappa shape index (κ3) is 2.78. The van der Waals surface area contributed by atoms with E-state index >= 15 is 0 Å². The molecule has 31 heavy (non-hydrogen) atoms. The van der Waals surface area contributed by atoms with Gasteiger partial charge < -0.3 is 0 Å². The van der Waals surface area contributed by atoms with Crippen molar-refractivity contribution in [3.05, 3.63) is 0 Å². The highest BCUT2D eigenvalue weighted by atomic mass is 14.7. The second-order valence-corrected chi connectivity index (χ2v) is 15.2. The summed E-state index contributed by atoms with van der Waals surface area (Å²) >= 11 is 0. The minimum atomic E-state index is 0.560. The van der Waals surface area contributed by atoms with Gasteiger partial charge in [0.25, 0.3) is 0 Å². The normalized spacial score (nSPS) is 56.7. The van der Waals surface area contributed by atoms with Crippen molar-refractivity contribution in [3.63, 3.8) is 0 Å². The van der Waals surface area contributed by atoms with Gasteiger partial charge >= 0.3 is 0 Å². The largest absolute Gasteiger partial charge is 0.0651 e. The van der Waals surface area contributed by atoms with E-state index in [1.165, 1.54) is 70.6 Å². The molecule has 0 bridgehead atoms. The second-order valence-electron chi connectivity index (χ2n) is 15.2. The lowest BCUT2D eigenvalue weighted by molar-refractivity contribution is -0.241. The highest BCUT2D eigenvalue weighted by Crippen LogP contribution is 2.78. The van der Waals surface area contributed by atoms with Gasteiger partial charge in [0.05, 0.1) is 0 Å². The molecule has 1 unspecified atom stereocenters. The van der Waals surface area contributed by atoms with Crippen LogP contribution < -0.4 is 0 Å². The molecule has 5 aliphatic carbocycles. The molecule has 5 aliphatic rings. The van der Waals surface area contributed by atoms with Crippen molar-refractivity contribution >= 4 is 0 Å². The highest BCUT2D eigenvalue weighted by Gasteiger charge is 2.70. The van der Waals surface area contributed by atoms with Crippen LogP contribution in [0.2, 0.25) is 0 Å². The van der Waals surface area contributed by atoms with Crippen LogP contribution in [0.3, 0.4) is 0 Å². The first kappa shape index (κ1) is 22.8. The van der Waals surface area contributed by atoms with E-state index in [2.05, 4.69) is 55.4 Å². The van der Waals surface area contributed by atoms with Gasteiger partial charge in [0, 0.05) is 0 Å². The van der Waals surface area contributed by atoms with Crippen molar-refractivity contribution in [2.45, 2.75) is 132 Å².